The molecular weight excluding hydrogens is 202 g/mol. The summed E-state index contributed by atoms with van der Waals surface area (Å²) >= 11 is 0. The van der Waals surface area contributed by atoms with E-state index >= 15 is 0 Å². The van der Waals surface area contributed by atoms with Crippen LogP contribution in [0.4, 0.5) is 5.69 Å². The van der Waals surface area contributed by atoms with Crippen LogP contribution < -0.4 is 5.01 Å². The molecule has 0 radical (unpaired) electrons. The molecule has 1 aromatic carbocycles. The Morgan fingerprint density at radius 3 is 2.62 bits per heavy atom. The number of nitrogens with zero attached hydrogens (tertiary/aromatic N) is 3. The van der Waals surface area contributed by atoms with Gasteiger partial charge in [-0.1, -0.05) is 18.2 Å². The summed E-state index contributed by atoms with van der Waals surface area (Å²) in [4.78, 5) is 4.31. The second-order valence-electron chi connectivity index (χ2n) is 3.59. The van der Waals surface area contributed by atoms with E-state index in [4.69, 9.17) is 4.74 Å². The van der Waals surface area contributed by atoms with Gasteiger partial charge in [-0.2, -0.15) is 0 Å². The molecular formula is C12H17N3O. The van der Waals surface area contributed by atoms with Crippen molar-refractivity contribution >= 4 is 11.7 Å². The van der Waals surface area contributed by atoms with E-state index in [9.17, 15) is 0 Å². The summed E-state index contributed by atoms with van der Waals surface area (Å²) in [5.41, 5.74) is 1.14. The first-order valence-electron chi connectivity index (χ1n) is 5.56. The van der Waals surface area contributed by atoms with Gasteiger partial charge in [0, 0.05) is 13.6 Å². The van der Waals surface area contributed by atoms with Crippen molar-refractivity contribution in [2.45, 2.75) is 6.92 Å². The third kappa shape index (κ3) is 2.10. The molecule has 0 saturated carbocycles. The lowest BCUT2D eigenvalue weighted by molar-refractivity contribution is 0.274. The van der Waals surface area contributed by atoms with Crippen LogP contribution in [0.5, 0.6) is 0 Å². The lowest BCUT2D eigenvalue weighted by Crippen LogP contribution is -2.44. The molecule has 2 rings (SSSR count). The Kier molecular flexibility index (Phi) is 3.29. The Bertz CT molecular complexity index is 364. The SMILES string of the molecule is CCN(c1ccccc1)N(C)C1=NCCO1. The van der Waals surface area contributed by atoms with E-state index in [2.05, 4.69) is 29.1 Å². The fourth-order valence-electron chi connectivity index (χ4n) is 1.79. The molecule has 4 heteroatoms. The molecule has 1 heterocycles. The molecule has 0 atom stereocenters. The third-order valence-electron chi connectivity index (χ3n) is 2.56. The summed E-state index contributed by atoms with van der Waals surface area (Å²) in [5, 5.41) is 4.09. The van der Waals surface area contributed by atoms with Crippen LogP contribution >= 0.6 is 0 Å². The van der Waals surface area contributed by atoms with Gasteiger partial charge >= 0.3 is 6.02 Å². The number of hydrogen-bond donors (Lipinski definition) is 0. The van der Waals surface area contributed by atoms with Crippen molar-refractivity contribution < 1.29 is 4.74 Å². The highest BCUT2D eigenvalue weighted by molar-refractivity contribution is 5.76. The first kappa shape index (κ1) is 10.8. The molecule has 0 unspecified atom stereocenters. The zero-order valence-electron chi connectivity index (χ0n) is 9.76. The van der Waals surface area contributed by atoms with Crippen molar-refractivity contribution in [2.24, 2.45) is 4.99 Å². The van der Waals surface area contributed by atoms with E-state index in [0.29, 0.717) is 12.6 Å². The van der Waals surface area contributed by atoms with Crippen LogP contribution in [0.3, 0.4) is 0 Å². The number of benzene rings is 1. The molecule has 0 N–H and O–H groups in total. The monoisotopic (exact) mass is 219 g/mol. The van der Waals surface area contributed by atoms with Crippen LogP contribution in [0.1, 0.15) is 6.92 Å². The fourth-order valence-corrected chi connectivity index (χ4v) is 1.79. The summed E-state index contributed by atoms with van der Waals surface area (Å²) in [6, 6.07) is 10.9. The number of anilines is 1. The summed E-state index contributed by atoms with van der Waals surface area (Å²) in [6.45, 7) is 4.43. The van der Waals surface area contributed by atoms with Gasteiger partial charge in [0.05, 0.1) is 12.2 Å². The summed E-state index contributed by atoms with van der Waals surface area (Å²) in [7, 11) is 1.97. The van der Waals surface area contributed by atoms with Crippen LogP contribution in [0.2, 0.25) is 0 Å². The van der Waals surface area contributed by atoms with Gasteiger partial charge in [-0.15, -0.1) is 0 Å². The minimum Gasteiger partial charge on any atom is -0.462 e. The topological polar surface area (TPSA) is 28.1 Å². The van der Waals surface area contributed by atoms with Gasteiger partial charge in [-0.3, -0.25) is 5.01 Å². The molecule has 1 aromatic rings. The Morgan fingerprint density at radius 1 is 1.31 bits per heavy atom. The van der Waals surface area contributed by atoms with Crippen LogP contribution in [0, 0.1) is 0 Å². The predicted octanol–water partition coefficient (Wildman–Crippen LogP) is 1.75. The van der Waals surface area contributed by atoms with Crippen molar-refractivity contribution in [3.8, 4) is 0 Å². The summed E-state index contributed by atoms with van der Waals surface area (Å²) in [5.74, 6) is 0. The van der Waals surface area contributed by atoms with Crippen LogP contribution in [0.25, 0.3) is 0 Å². The van der Waals surface area contributed by atoms with Crippen molar-refractivity contribution in [3.63, 3.8) is 0 Å². The van der Waals surface area contributed by atoms with Gasteiger partial charge in [-0.05, 0) is 19.1 Å². The van der Waals surface area contributed by atoms with Crippen molar-refractivity contribution in [1.82, 2.24) is 5.01 Å². The van der Waals surface area contributed by atoms with Gasteiger partial charge in [-0.25, -0.2) is 10.0 Å². The summed E-state index contributed by atoms with van der Waals surface area (Å²) < 4.78 is 5.45. The van der Waals surface area contributed by atoms with E-state index in [-0.39, 0.29) is 0 Å². The smallest absolute Gasteiger partial charge is 0.306 e. The normalized spacial score (nSPS) is 14.2. The number of hydrazine groups is 1. The van der Waals surface area contributed by atoms with E-state index in [1.807, 2.05) is 30.3 Å². The molecule has 0 saturated heterocycles. The standard InChI is InChI=1S/C12H17N3O/c1-3-15(11-7-5-4-6-8-11)14(2)12-13-9-10-16-12/h4-8H,3,9-10H2,1-2H3. The lowest BCUT2D eigenvalue weighted by Gasteiger charge is -2.33. The lowest BCUT2D eigenvalue weighted by atomic mass is 10.3. The Balaban J connectivity index is 2.16. The molecule has 1 aliphatic heterocycles. The zero-order chi connectivity index (χ0) is 11.4. The summed E-state index contributed by atoms with van der Waals surface area (Å²) in [6.07, 6.45) is 0. The largest absolute Gasteiger partial charge is 0.462 e. The number of rotatable bonds is 3. The second-order valence-corrected chi connectivity index (χ2v) is 3.59. The van der Waals surface area contributed by atoms with E-state index in [1.165, 1.54) is 0 Å². The van der Waals surface area contributed by atoms with Crippen LogP contribution in [0.15, 0.2) is 35.3 Å². The Morgan fingerprint density at radius 2 is 2.06 bits per heavy atom. The molecule has 0 bridgehead atoms. The molecule has 0 amide bonds. The fraction of sp³-hybridized carbons (Fsp3) is 0.417. The third-order valence-corrected chi connectivity index (χ3v) is 2.56. The highest BCUT2D eigenvalue weighted by atomic mass is 16.5. The van der Waals surface area contributed by atoms with E-state index in [1.54, 1.807) is 0 Å². The van der Waals surface area contributed by atoms with Crippen molar-refractivity contribution in [3.05, 3.63) is 30.3 Å². The second kappa shape index (κ2) is 4.88. The molecule has 0 fully saturated rings. The van der Waals surface area contributed by atoms with Gasteiger partial charge < -0.3 is 4.74 Å². The zero-order valence-corrected chi connectivity index (χ0v) is 9.76. The van der Waals surface area contributed by atoms with E-state index < -0.39 is 0 Å². The molecule has 1 aliphatic rings. The van der Waals surface area contributed by atoms with Crippen LogP contribution in [-0.4, -0.2) is 37.8 Å². The maximum atomic E-state index is 5.45. The number of amidine groups is 1. The van der Waals surface area contributed by atoms with Gasteiger partial charge in [0.1, 0.15) is 6.61 Å². The first-order chi connectivity index (χ1) is 7.83. The molecule has 4 nitrogen and oxygen atoms in total. The Labute approximate surface area is 96.1 Å². The molecule has 0 spiro atoms. The quantitative estimate of drug-likeness (QED) is 0.725. The number of aliphatic imine (C=N–C) groups is 1. The minimum atomic E-state index is 0.687. The van der Waals surface area contributed by atoms with Gasteiger partial charge in [0.2, 0.25) is 0 Å². The van der Waals surface area contributed by atoms with Crippen LogP contribution in [-0.2, 0) is 4.74 Å². The number of hydrogen-bond acceptors (Lipinski definition) is 4. The van der Waals surface area contributed by atoms with E-state index in [0.717, 1.165) is 18.8 Å². The highest BCUT2D eigenvalue weighted by Crippen LogP contribution is 2.16. The highest BCUT2D eigenvalue weighted by Gasteiger charge is 2.18. The Hall–Kier alpha value is -1.71. The maximum Gasteiger partial charge on any atom is 0.306 e. The molecule has 0 aliphatic carbocycles. The average molecular weight is 219 g/mol. The molecule has 86 valence electrons. The van der Waals surface area contributed by atoms with Gasteiger partial charge in [0.15, 0.2) is 0 Å². The number of para-hydroxylation sites is 1. The minimum absolute atomic E-state index is 0.687. The number of ether oxygens (including phenoxy) is 1. The van der Waals surface area contributed by atoms with Crippen molar-refractivity contribution in [1.29, 1.82) is 0 Å². The molecule has 16 heavy (non-hydrogen) atoms. The molecule has 0 aromatic heterocycles. The van der Waals surface area contributed by atoms with Gasteiger partial charge in [0.25, 0.3) is 0 Å². The first-order valence-corrected chi connectivity index (χ1v) is 5.56. The average Bonchev–Trinajstić information content (AvgIpc) is 2.85. The maximum absolute atomic E-state index is 5.45. The predicted molar refractivity (Wildman–Crippen MR) is 65.5 cm³/mol. The van der Waals surface area contributed by atoms with Crippen molar-refractivity contribution in [2.75, 3.05) is 31.8 Å².